The third kappa shape index (κ3) is 2.52. The zero-order chi connectivity index (χ0) is 10.6. The Bertz CT molecular complexity index is 330. The van der Waals surface area contributed by atoms with Gasteiger partial charge in [-0.1, -0.05) is 22.0 Å². The van der Waals surface area contributed by atoms with Crippen molar-refractivity contribution in [2.45, 2.75) is 6.10 Å². The number of hydrogen-bond acceptors (Lipinski definition) is 4. The Morgan fingerprint density at radius 2 is 2.43 bits per heavy atom. The molecule has 1 N–H and O–H groups in total. The van der Waals surface area contributed by atoms with E-state index in [1.54, 1.807) is 12.1 Å². The minimum absolute atomic E-state index is 0.199. The van der Waals surface area contributed by atoms with Gasteiger partial charge in [0, 0.05) is 5.33 Å². The maximum atomic E-state index is 11.1. The molecule has 0 aliphatic heterocycles. The van der Waals surface area contributed by atoms with Gasteiger partial charge in [0.15, 0.2) is 0 Å². The molecule has 0 amide bonds. The first-order valence-electron chi connectivity index (χ1n) is 3.98. The lowest BCUT2D eigenvalue weighted by molar-refractivity contribution is 0.0593. The Labute approximate surface area is 90.0 Å². The van der Waals surface area contributed by atoms with E-state index in [0.717, 1.165) is 0 Å². The maximum Gasteiger partial charge on any atom is 0.356 e. The molecule has 0 unspecified atom stereocenters. The van der Waals surface area contributed by atoms with Gasteiger partial charge in [-0.15, -0.1) is 0 Å². The zero-order valence-corrected chi connectivity index (χ0v) is 9.19. The number of carbonyl (C=O) groups is 1. The van der Waals surface area contributed by atoms with Gasteiger partial charge in [0.2, 0.25) is 0 Å². The van der Waals surface area contributed by atoms with Crippen molar-refractivity contribution in [2.75, 3.05) is 12.4 Å². The summed E-state index contributed by atoms with van der Waals surface area (Å²) >= 11 is 3.12. The molecule has 14 heavy (non-hydrogen) atoms. The number of halogens is 1. The molecule has 5 heteroatoms. The molecule has 1 aromatic rings. The highest BCUT2D eigenvalue weighted by Gasteiger charge is 2.11. The van der Waals surface area contributed by atoms with E-state index in [2.05, 4.69) is 25.7 Å². The summed E-state index contributed by atoms with van der Waals surface area (Å²) in [5, 5.41) is 9.83. The molecule has 1 heterocycles. The van der Waals surface area contributed by atoms with Crippen LogP contribution in [-0.2, 0) is 4.74 Å². The minimum Gasteiger partial charge on any atom is -0.464 e. The van der Waals surface area contributed by atoms with Crippen molar-refractivity contribution in [3.8, 4) is 0 Å². The van der Waals surface area contributed by atoms with Gasteiger partial charge in [-0.2, -0.15) is 0 Å². The predicted octanol–water partition coefficient (Wildman–Crippen LogP) is 1.30. The van der Waals surface area contributed by atoms with Crippen molar-refractivity contribution in [3.63, 3.8) is 0 Å². The first-order chi connectivity index (χ1) is 6.69. The Hall–Kier alpha value is -0.940. The fraction of sp³-hybridized carbons (Fsp3) is 0.333. The average molecular weight is 260 g/mol. The van der Waals surface area contributed by atoms with Crippen molar-refractivity contribution in [1.29, 1.82) is 0 Å². The van der Waals surface area contributed by atoms with Gasteiger partial charge >= 0.3 is 5.97 Å². The molecule has 4 nitrogen and oxygen atoms in total. The summed E-state index contributed by atoms with van der Waals surface area (Å²) in [6, 6.07) is 4.84. The van der Waals surface area contributed by atoms with E-state index in [9.17, 15) is 9.90 Å². The topological polar surface area (TPSA) is 59.4 Å². The molecule has 1 atom stereocenters. The van der Waals surface area contributed by atoms with Crippen LogP contribution in [0.15, 0.2) is 18.2 Å². The summed E-state index contributed by atoms with van der Waals surface area (Å²) in [6.07, 6.45) is -0.709. The molecule has 0 aliphatic rings. The number of aromatic nitrogens is 1. The average Bonchev–Trinajstić information content (AvgIpc) is 2.27. The van der Waals surface area contributed by atoms with E-state index in [1.165, 1.54) is 13.2 Å². The second-order valence-electron chi connectivity index (χ2n) is 2.61. The molecule has 1 aromatic heterocycles. The quantitative estimate of drug-likeness (QED) is 0.657. The highest BCUT2D eigenvalue weighted by atomic mass is 79.9. The van der Waals surface area contributed by atoms with Gasteiger partial charge in [-0.25, -0.2) is 9.78 Å². The van der Waals surface area contributed by atoms with E-state index in [1.807, 2.05) is 0 Å². The van der Waals surface area contributed by atoms with Crippen molar-refractivity contribution in [2.24, 2.45) is 0 Å². The lowest BCUT2D eigenvalue weighted by Gasteiger charge is -2.06. The summed E-state index contributed by atoms with van der Waals surface area (Å²) < 4.78 is 4.51. The number of esters is 1. The standard InChI is InChI=1S/C9H10BrNO3/c1-14-9(13)7-4-2-3-6(11-7)8(12)5-10/h2-4,8,12H,5H2,1H3/t8-/m1/s1. The van der Waals surface area contributed by atoms with Crippen LogP contribution in [0.25, 0.3) is 0 Å². The number of alkyl halides is 1. The number of pyridine rings is 1. The Kier molecular flexibility index (Phi) is 4.03. The SMILES string of the molecule is COC(=O)c1cccc([C@H](O)CBr)n1. The van der Waals surface area contributed by atoms with Gasteiger partial charge < -0.3 is 9.84 Å². The van der Waals surface area contributed by atoms with Crippen LogP contribution in [0.5, 0.6) is 0 Å². The molecule has 0 aliphatic carbocycles. The van der Waals surface area contributed by atoms with Crippen LogP contribution in [-0.4, -0.2) is 28.5 Å². The number of carbonyl (C=O) groups excluding carboxylic acids is 1. The van der Waals surface area contributed by atoms with Crippen LogP contribution < -0.4 is 0 Å². The fourth-order valence-electron chi connectivity index (χ4n) is 0.934. The first kappa shape index (κ1) is 11.1. The third-order valence-corrected chi connectivity index (χ3v) is 2.27. The van der Waals surface area contributed by atoms with Crippen molar-refractivity contribution < 1.29 is 14.6 Å². The molecule has 0 saturated heterocycles. The van der Waals surface area contributed by atoms with Crippen molar-refractivity contribution in [3.05, 3.63) is 29.6 Å². The summed E-state index contributed by atoms with van der Waals surface area (Å²) in [5.41, 5.74) is 0.648. The highest BCUT2D eigenvalue weighted by Crippen LogP contribution is 2.13. The number of methoxy groups -OCH3 is 1. The molecule has 76 valence electrons. The van der Waals surface area contributed by atoms with Crippen LogP contribution in [0.1, 0.15) is 22.3 Å². The molecular formula is C9H10BrNO3. The largest absolute Gasteiger partial charge is 0.464 e. The van der Waals surface area contributed by atoms with Crippen molar-refractivity contribution >= 4 is 21.9 Å². The summed E-state index contributed by atoms with van der Waals surface area (Å²) in [5.74, 6) is -0.506. The third-order valence-electron chi connectivity index (χ3n) is 1.65. The van der Waals surface area contributed by atoms with Gasteiger partial charge in [-0.3, -0.25) is 0 Å². The Morgan fingerprint density at radius 1 is 1.71 bits per heavy atom. The monoisotopic (exact) mass is 259 g/mol. The molecule has 0 saturated carbocycles. The van der Waals surface area contributed by atoms with Crippen LogP contribution in [0.4, 0.5) is 0 Å². The second-order valence-corrected chi connectivity index (χ2v) is 3.26. The maximum absolute atomic E-state index is 11.1. The van der Waals surface area contributed by atoms with Crippen LogP contribution in [0, 0.1) is 0 Å². The summed E-state index contributed by atoms with van der Waals surface area (Å²) in [4.78, 5) is 15.1. The van der Waals surface area contributed by atoms with E-state index in [-0.39, 0.29) is 5.69 Å². The normalized spacial score (nSPS) is 12.2. The van der Waals surface area contributed by atoms with Gasteiger partial charge in [0.1, 0.15) is 11.8 Å². The molecule has 0 fully saturated rings. The lowest BCUT2D eigenvalue weighted by atomic mass is 10.2. The highest BCUT2D eigenvalue weighted by molar-refractivity contribution is 9.09. The van der Waals surface area contributed by atoms with Gasteiger partial charge in [0.05, 0.1) is 12.8 Å². The number of aliphatic hydroxyl groups excluding tert-OH is 1. The fourth-order valence-corrected chi connectivity index (χ4v) is 1.27. The molecular weight excluding hydrogens is 250 g/mol. The first-order valence-corrected chi connectivity index (χ1v) is 5.10. The zero-order valence-electron chi connectivity index (χ0n) is 7.61. The number of ether oxygens (including phenoxy) is 1. The smallest absolute Gasteiger partial charge is 0.356 e. The van der Waals surface area contributed by atoms with Crippen molar-refractivity contribution in [1.82, 2.24) is 4.98 Å². The van der Waals surface area contributed by atoms with E-state index < -0.39 is 12.1 Å². The Morgan fingerprint density at radius 3 is 3.00 bits per heavy atom. The number of nitrogens with zero attached hydrogens (tertiary/aromatic N) is 1. The number of hydrogen-bond donors (Lipinski definition) is 1. The predicted molar refractivity (Wildman–Crippen MR) is 54.3 cm³/mol. The summed E-state index contributed by atoms with van der Waals surface area (Å²) in [7, 11) is 1.29. The molecule has 0 aromatic carbocycles. The molecule has 0 bridgehead atoms. The molecule has 0 radical (unpaired) electrons. The Balaban J connectivity index is 2.95. The van der Waals surface area contributed by atoms with E-state index in [4.69, 9.17) is 0 Å². The molecule has 0 spiro atoms. The second kappa shape index (κ2) is 5.07. The lowest BCUT2D eigenvalue weighted by Crippen LogP contribution is -2.08. The van der Waals surface area contributed by atoms with Gasteiger partial charge in [0.25, 0.3) is 0 Å². The van der Waals surface area contributed by atoms with Crippen LogP contribution in [0.2, 0.25) is 0 Å². The van der Waals surface area contributed by atoms with E-state index >= 15 is 0 Å². The number of aliphatic hydroxyl groups is 1. The van der Waals surface area contributed by atoms with E-state index in [0.29, 0.717) is 11.0 Å². The molecule has 1 rings (SSSR count). The number of rotatable bonds is 3. The van der Waals surface area contributed by atoms with Crippen LogP contribution >= 0.6 is 15.9 Å². The van der Waals surface area contributed by atoms with Gasteiger partial charge in [-0.05, 0) is 12.1 Å². The minimum atomic E-state index is -0.709. The summed E-state index contributed by atoms with van der Waals surface area (Å²) in [6.45, 7) is 0. The van der Waals surface area contributed by atoms with Crippen LogP contribution in [0.3, 0.4) is 0 Å².